The Balaban J connectivity index is 2.94. The van der Waals surface area contributed by atoms with Crippen molar-refractivity contribution in [1.29, 1.82) is 0 Å². The average Bonchev–Trinajstić information content (AvgIpc) is 2.34. The predicted octanol–water partition coefficient (Wildman–Crippen LogP) is 4.68. The quantitative estimate of drug-likeness (QED) is 0.793. The van der Waals surface area contributed by atoms with Crippen LogP contribution in [0.5, 0.6) is 0 Å². The second-order valence-electron chi connectivity index (χ2n) is 6.08. The van der Waals surface area contributed by atoms with E-state index >= 15 is 0 Å². The first-order valence-corrected chi connectivity index (χ1v) is 8.19. The van der Waals surface area contributed by atoms with E-state index in [4.69, 9.17) is 16.3 Å². The van der Waals surface area contributed by atoms with Crippen LogP contribution in [-0.2, 0) is 11.2 Å². The minimum atomic E-state index is 0.0749. The normalized spacial score (nSPS) is 15.2. The average molecular weight is 363 g/mol. The number of hydrogen-bond donors (Lipinski definition) is 1. The van der Waals surface area contributed by atoms with Gasteiger partial charge < -0.3 is 10.1 Å². The highest BCUT2D eigenvalue weighted by Gasteiger charge is 2.32. The maximum atomic E-state index is 6.33. The van der Waals surface area contributed by atoms with Gasteiger partial charge in [-0.15, -0.1) is 0 Å². The third-order valence-corrected chi connectivity index (χ3v) is 4.24. The Hall–Kier alpha value is -0.0900. The first-order chi connectivity index (χ1) is 9.29. The Morgan fingerprint density at radius 2 is 2.00 bits per heavy atom. The highest BCUT2D eigenvalue weighted by Crippen LogP contribution is 2.29. The van der Waals surface area contributed by atoms with Gasteiger partial charge in [0.15, 0.2) is 0 Å². The smallest absolute Gasteiger partial charge is 0.0779 e. The topological polar surface area (TPSA) is 21.3 Å². The van der Waals surface area contributed by atoms with Gasteiger partial charge in [0, 0.05) is 22.1 Å². The van der Waals surface area contributed by atoms with E-state index in [1.807, 2.05) is 26.1 Å². The molecule has 0 aromatic heterocycles. The monoisotopic (exact) mass is 361 g/mol. The number of likely N-dealkylation sites (N-methyl/N-ethyl adjacent to an activating group) is 1. The summed E-state index contributed by atoms with van der Waals surface area (Å²) in [6.07, 6.45) is 0.988. The Morgan fingerprint density at radius 3 is 2.45 bits per heavy atom. The first kappa shape index (κ1) is 18.0. The summed E-state index contributed by atoms with van der Waals surface area (Å²) in [7, 11) is 1.98. The van der Waals surface area contributed by atoms with Gasteiger partial charge in [0.1, 0.15) is 0 Å². The van der Waals surface area contributed by atoms with Gasteiger partial charge in [-0.3, -0.25) is 0 Å². The molecule has 0 saturated carbocycles. The predicted molar refractivity (Wildman–Crippen MR) is 90.6 cm³/mol. The van der Waals surface area contributed by atoms with E-state index in [0.717, 1.165) is 21.5 Å². The van der Waals surface area contributed by atoms with Crippen LogP contribution in [-0.4, -0.2) is 25.8 Å². The fraction of sp³-hybridized carbons (Fsp3) is 0.625. The summed E-state index contributed by atoms with van der Waals surface area (Å²) in [6.45, 7) is 9.38. The zero-order valence-electron chi connectivity index (χ0n) is 13.0. The highest BCUT2D eigenvalue weighted by molar-refractivity contribution is 9.10. The van der Waals surface area contributed by atoms with E-state index in [9.17, 15) is 0 Å². The molecule has 0 bridgehead atoms. The summed E-state index contributed by atoms with van der Waals surface area (Å²) >= 11 is 9.77. The number of ether oxygens (including phenoxy) is 1. The van der Waals surface area contributed by atoms with Gasteiger partial charge in [-0.1, -0.05) is 54.4 Å². The van der Waals surface area contributed by atoms with Gasteiger partial charge in [0.2, 0.25) is 0 Å². The van der Waals surface area contributed by atoms with Crippen LogP contribution in [0.25, 0.3) is 0 Å². The molecular formula is C16H25BrClNO. The lowest BCUT2D eigenvalue weighted by molar-refractivity contribution is -0.0340. The Labute approximate surface area is 136 Å². The second-order valence-corrected chi connectivity index (χ2v) is 7.40. The molecule has 1 aromatic carbocycles. The van der Waals surface area contributed by atoms with Crippen LogP contribution in [0, 0.1) is 5.41 Å². The molecule has 0 fully saturated rings. The summed E-state index contributed by atoms with van der Waals surface area (Å²) in [5.74, 6) is 0. The van der Waals surface area contributed by atoms with Crippen LogP contribution in [0.1, 0.15) is 33.3 Å². The maximum absolute atomic E-state index is 6.33. The van der Waals surface area contributed by atoms with Crippen LogP contribution in [0.2, 0.25) is 5.02 Å². The number of hydrogen-bond acceptors (Lipinski definition) is 2. The Bertz CT molecular complexity index is 431. The van der Waals surface area contributed by atoms with Crippen molar-refractivity contribution in [2.24, 2.45) is 5.41 Å². The minimum absolute atomic E-state index is 0.0749. The van der Waals surface area contributed by atoms with E-state index in [1.165, 1.54) is 0 Å². The largest absolute Gasteiger partial charge is 0.376 e. The van der Waals surface area contributed by atoms with E-state index in [-0.39, 0.29) is 17.6 Å². The molecular weight excluding hydrogens is 338 g/mol. The van der Waals surface area contributed by atoms with Gasteiger partial charge in [-0.2, -0.15) is 0 Å². The summed E-state index contributed by atoms with van der Waals surface area (Å²) in [5.41, 5.74) is 1.22. The molecule has 0 aliphatic carbocycles. The third-order valence-electron chi connectivity index (χ3n) is 3.39. The standard InChI is InChI=1S/C16H25BrClNO/c1-6-20-15(16(2,3)4)14(19-5)9-11-7-8-12(17)10-13(11)18/h7-8,10,14-15,19H,6,9H2,1-5H3. The van der Waals surface area contributed by atoms with Gasteiger partial charge in [0.05, 0.1) is 6.10 Å². The molecule has 0 spiro atoms. The number of rotatable bonds is 6. The zero-order chi connectivity index (χ0) is 15.3. The van der Waals surface area contributed by atoms with Gasteiger partial charge in [-0.05, 0) is 43.5 Å². The maximum Gasteiger partial charge on any atom is 0.0779 e. The summed E-state index contributed by atoms with van der Waals surface area (Å²) < 4.78 is 6.98. The van der Waals surface area contributed by atoms with Crippen molar-refractivity contribution in [1.82, 2.24) is 5.32 Å². The second kappa shape index (κ2) is 7.79. The molecule has 0 aliphatic rings. The summed E-state index contributed by atoms with van der Waals surface area (Å²) in [4.78, 5) is 0. The van der Waals surface area contributed by atoms with Gasteiger partial charge in [-0.25, -0.2) is 0 Å². The molecule has 0 amide bonds. The molecule has 2 nitrogen and oxygen atoms in total. The van der Waals surface area contributed by atoms with Crippen molar-refractivity contribution >= 4 is 27.5 Å². The molecule has 0 radical (unpaired) electrons. The van der Waals surface area contributed by atoms with Crippen molar-refractivity contribution in [3.05, 3.63) is 33.3 Å². The molecule has 20 heavy (non-hydrogen) atoms. The third kappa shape index (κ3) is 5.03. The fourth-order valence-corrected chi connectivity index (χ4v) is 3.18. The molecule has 2 atom stereocenters. The highest BCUT2D eigenvalue weighted by atomic mass is 79.9. The van der Waals surface area contributed by atoms with Gasteiger partial charge >= 0.3 is 0 Å². The van der Waals surface area contributed by atoms with Crippen LogP contribution < -0.4 is 5.32 Å². The molecule has 1 N–H and O–H groups in total. The van der Waals surface area contributed by atoms with Crippen molar-refractivity contribution in [3.63, 3.8) is 0 Å². The lowest BCUT2D eigenvalue weighted by atomic mass is 9.82. The van der Waals surface area contributed by atoms with Crippen molar-refractivity contribution < 1.29 is 4.74 Å². The lowest BCUT2D eigenvalue weighted by Crippen LogP contribution is -2.48. The molecule has 114 valence electrons. The molecule has 0 saturated heterocycles. The summed E-state index contributed by atoms with van der Waals surface area (Å²) in [5, 5.41) is 4.18. The Morgan fingerprint density at radius 1 is 1.35 bits per heavy atom. The SMILES string of the molecule is CCOC(C(Cc1ccc(Br)cc1Cl)NC)C(C)(C)C. The van der Waals surface area contributed by atoms with E-state index in [0.29, 0.717) is 6.61 Å². The van der Waals surface area contributed by atoms with E-state index in [1.54, 1.807) is 0 Å². The molecule has 1 rings (SSSR count). The molecule has 4 heteroatoms. The first-order valence-electron chi connectivity index (χ1n) is 7.02. The molecule has 0 aliphatic heterocycles. The minimum Gasteiger partial charge on any atom is -0.376 e. The van der Waals surface area contributed by atoms with E-state index < -0.39 is 0 Å². The van der Waals surface area contributed by atoms with Crippen molar-refractivity contribution in [3.8, 4) is 0 Å². The van der Waals surface area contributed by atoms with Crippen LogP contribution in [0.4, 0.5) is 0 Å². The zero-order valence-corrected chi connectivity index (χ0v) is 15.3. The van der Waals surface area contributed by atoms with Gasteiger partial charge in [0.25, 0.3) is 0 Å². The number of nitrogens with one attached hydrogen (secondary N) is 1. The van der Waals surface area contributed by atoms with Crippen molar-refractivity contribution in [2.75, 3.05) is 13.7 Å². The lowest BCUT2D eigenvalue weighted by Gasteiger charge is -2.37. The van der Waals surface area contributed by atoms with E-state index in [2.05, 4.69) is 48.1 Å². The van der Waals surface area contributed by atoms with Crippen molar-refractivity contribution in [2.45, 2.75) is 46.3 Å². The Kier molecular flexibility index (Phi) is 6.99. The molecule has 2 unspecified atom stereocenters. The van der Waals surface area contributed by atoms with Crippen LogP contribution in [0.3, 0.4) is 0 Å². The number of benzene rings is 1. The molecule has 1 aromatic rings. The van der Waals surface area contributed by atoms with Crippen LogP contribution in [0.15, 0.2) is 22.7 Å². The molecule has 0 heterocycles. The summed E-state index contributed by atoms with van der Waals surface area (Å²) in [6, 6.07) is 6.27. The fourth-order valence-electron chi connectivity index (χ4n) is 2.43. The van der Waals surface area contributed by atoms with Crippen LogP contribution >= 0.6 is 27.5 Å². The number of halogens is 2.